The van der Waals surface area contributed by atoms with E-state index in [4.69, 9.17) is 15.2 Å². The highest BCUT2D eigenvalue weighted by Crippen LogP contribution is 2.55. The predicted octanol–water partition coefficient (Wildman–Crippen LogP) is 4.33. The molecule has 1 aliphatic heterocycles. The van der Waals surface area contributed by atoms with Gasteiger partial charge in [0, 0.05) is 38.8 Å². The minimum atomic E-state index is -2.87. The molecule has 0 unspecified atom stereocenters. The number of alkyl halides is 2. The maximum absolute atomic E-state index is 13.4. The maximum atomic E-state index is 13.4. The molecule has 0 atom stereocenters. The first-order valence-electron chi connectivity index (χ1n) is 9.28. The quantitative estimate of drug-likeness (QED) is 0.750. The SMILES string of the molecule is C=C.COC1(C2(N)CC2)CC(OCc2ccc3c(c2)CC(C(C)(F)F)=N3)C1. The van der Waals surface area contributed by atoms with Crippen molar-refractivity contribution in [3.8, 4) is 0 Å². The molecule has 2 saturated carbocycles. The van der Waals surface area contributed by atoms with Crippen molar-refractivity contribution in [3.05, 3.63) is 42.5 Å². The Labute approximate surface area is 159 Å². The molecule has 1 aromatic carbocycles. The molecule has 2 N–H and O–H groups in total. The molecule has 0 amide bonds. The van der Waals surface area contributed by atoms with Crippen LogP contribution in [-0.4, -0.2) is 36.0 Å². The van der Waals surface area contributed by atoms with Crippen LogP contribution in [0.1, 0.15) is 43.7 Å². The molecule has 0 spiro atoms. The van der Waals surface area contributed by atoms with Crippen LogP contribution in [0.4, 0.5) is 14.5 Å². The van der Waals surface area contributed by atoms with Gasteiger partial charge in [0.15, 0.2) is 0 Å². The first kappa shape index (κ1) is 20.1. The summed E-state index contributed by atoms with van der Waals surface area (Å²) < 4.78 is 38.5. The van der Waals surface area contributed by atoms with Crippen molar-refractivity contribution in [2.45, 2.75) is 68.8 Å². The van der Waals surface area contributed by atoms with Gasteiger partial charge in [-0.25, -0.2) is 8.78 Å². The zero-order chi connectivity index (χ0) is 19.9. The molecule has 4 rings (SSSR count). The summed E-state index contributed by atoms with van der Waals surface area (Å²) in [5, 5.41) is 0. The molecule has 6 heteroatoms. The van der Waals surface area contributed by atoms with Gasteiger partial charge in [-0.2, -0.15) is 0 Å². The number of fused-ring (bicyclic) bond motifs is 1. The molecule has 148 valence electrons. The van der Waals surface area contributed by atoms with Crippen LogP contribution < -0.4 is 5.73 Å². The molecule has 0 radical (unpaired) electrons. The second kappa shape index (κ2) is 7.08. The number of methoxy groups -OCH3 is 1. The number of benzene rings is 1. The van der Waals surface area contributed by atoms with Gasteiger partial charge in [-0.15, -0.1) is 13.2 Å². The summed E-state index contributed by atoms with van der Waals surface area (Å²) in [6.07, 6.45) is 4.02. The number of nitrogens with zero attached hydrogens (tertiary/aromatic N) is 1. The van der Waals surface area contributed by atoms with Gasteiger partial charge in [-0.05, 0) is 30.0 Å². The van der Waals surface area contributed by atoms with Crippen molar-refractivity contribution in [1.29, 1.82) is 0 Å². The lowest BCUT2D eigenvalue weighted by molar-refractivity contribution is -0.178. The highest BCUT2D eigenvalue weighted by molar-refractivity contribution is 5.98. The van der Waals surface area contributed by atoms with Gasteiger partial charge < -0.3 is 15.2 Å². The standard InChI is InChI=1S/C19H24F2N2O2.C2H4/c1-17(20,21)16-8-13-7-12(3-4-15(13)23-16)11-25-14-9-19(10-14,24-2)18(22)5-6-18;1-2/h3-4,7,14H,5-6,8-11,22H2,1-2H3;1-2H2. The van der Waals surface area contributed by atoms with E-state index in [0.29, 0.717) is 12.3 Å². The summed E-state index contributed by atoms with van der Waals surface area (Å²) in [4.78, 5) is 4.05. The lowest BCUT2D eigenvalue weighted by atomic mass is 9.70. The zero-order valence-electron chi connectivity index (χ0n) is 16.1. The van der Waals surface area contributed by atoms with E-state index in [-0.39, 0.29) is 29.4 Å². The van der Waals surface area contributed by atoms with Crippen molar-refractivity contribution in [1.82, 2.24) is 0 Å². The summed E-state index contributed by atoms with van der Waals surface area (Å²) in [6, 6.07) is 5.61. The number of nitrogens with two attached hydrogens (primary N) is 1. The van der Waals surface area contributed by atoms with E-state index in [1.807, 2.05) is 12.1 Å². The molecule has 4 nitrogen and oxygen atoms in total. The highest BCUT2D eigenvalue weighted by atomic mass is 19.3. The van der Waals surface area contributed by atoms with E-state index in [9.17, 15) is 8.78 Å². The third kappa shape index (κ3) is 3.71. The van der Waals surface area contributed by atoms with Crippen LogP contribution in [0.5, 0.6) is 0 Å². The van der Waals surface area contributed by atoms with Crippen molar-refractivity contribution >= 4 is 11.4 Å². The molecule has 1 aromatic rings. The van der Waals surface area contributed by atoms with Crippen molar-refractivity contribution in [2.75, 3.05) is 7.11 Å². The van der Waals surface area contributed by atoms with Crippen LogP contribution in [0, 0.1) is 0 Å². The fourth-order valence-corrected chi connectivity index (χ4v) is 3.97. The van der Waals surface area contributed by atoms with Crippen molar-refractivity contribution in [2.24, 2.45) is 10.7 Å². The Bertz CT molecular complexity index is 732. The number of hydrogen-bond donors (Lipinski definition) is 1. The second-order valence-electron chi connectivity index (χ2n) is 7.78. The van der Waals surface area contributed by atoms with E-state index >= 15 is 0 Å². The molecule has 2 fully saturated rings. The first-order chi connectivity index (χ1) is 12.7. The summed E-state index contributed by atoms with van der Waals surface area (Å²) in [5.74, 6) is -2.87. The van der Waals surface area contributed by atoms with Gasteiger partial charge in [0.1, 0.15) is 0 Å². The number of halogens is 2. The minimum absolute atomic E-state index is 0.0675. The van der Waals surface area contributed by atoms with Gasteiger partial charge >= 0.3 is 0 Å². The Kier molecular flexibility index (Phi) is 5.27. The Morgan fingerprint density at radius 3 is 2.52 bits per heavy atom. The van der Waals surface area contributed by atoms with Crippen LogP contribution in [0.25, 0.3) is 0 Å². The highest BCUT2D eigenvalue weighted by Gasteiger charge is 2.63. The van der Waals surface area contributed by atoms with Gasteiger partial charge in [0.05, 0.1) is 29.7 Å². The largest absolute Gasteiger partial charge is 0.376 e. The Hall–Kier alpha value is -1.63. The summed E-state index contributed by atoms with van der Waals surface area (Å²) in [7, 11) is 1.73. The van der Waals surface area contributed by atoms with Crippen LogP contribution in [-0.2, 0) is 22.5 Å². The third-order valence-electron chi connectivity index (χ3n) is 5.95. The van der Waals surface area contributed by atoms with Crippen LogP contribution in [0.15, 0.2) is 36.3 Å². The summed E-state index contributed by atoms with van der Waals surface area (Å²) in [6.45, 7) is 7.36. The Morgan fingerprint density at radius 2 is 1.96 bits per heavy atom. The molecule has 27 heavy (non-hydrogen) atoms. The lowest BCUT2D eigenvalue weighted by Crippen LogP contribution is -2.62. The van der Waals surface area contributed by atoms with E-state index in [0.717, 1.165) is 43.7 Å². The predicted molar refractivity (Wildman–Crippen MR) is 103 cm³/mol. The molecule has 1 heterocycles. The van der Waals surface area contributed by atoms with Crippen molar-refractivity contribution < 1.29 is 18.3 Å². The molecule has 0 saturated heterocycles. The first-order valence-corrected chi connectivity index (χ1v) is 9.28. The lowest BCUT2D eigenvalue weighted by Gasteiger charge is -2.50. The molecular formula is C21H28F2N2O2. The van der Waals surface area contributed by atoms with E-state index < -0.39 is 5.92 Å². The maximum Gasteiger partial charge on any atom is 0.283 e. The van der Waals surface area contributed by atoms with Crippen LogP contribution >= 0.6 is 0 Å². The van der Waals surface area contributed by atoms with Gasteiger partial charge in [0.2, 0.25) is 0 Å². The average Bonchev–Trinajstić information content (AvgIpc) is 3.20. The monoisotopic (exact) mass is 378 g/mol. The summed E-state index contributed by atoms with van der Waals surface area (Å²) >= 11 is 0. The number of ether oxygens (including phenoxy) is 2. The number of aliphatic imine (C=N–C) groups is 1. The summed E-state index contributed by atoms with van der Waals surface area (Å²) in [5.41, 5.74) is 8.32. The Balaban J connectivity index is 0.00000102. The van der Waals surface area contributed by atoms with E-state index in [1.54, 1.807) is 13.2 Å². The number of hydrogen-bond acceptors (Lipinski definition) is 4. The minimum Gasteiger partial charge on any atom is -0.376 e. The van der Waals surface area contributed by atoms with Crippen LogP contribution in [0.2, 0.25) is 0 Å². The van der Waals surface area contributed by atoms with Gasteiger partial charge in [0.25, 0.3) is 5.92 Å². The van der Waals surface area contributed by atoms with Crippen molar-refractivity contribution in [3.63, 3.8) is 0 Å². The molecule has 0 aromatic heterocycles. The van der Waals surface area contributed by atoms with Gasteiger partial charge in [-0.3, -0.25) is 4.99 Å². The topological polar surface area (TPSA) is 56.8 Å². The second-order valence-corrected chi connectivity index (χ2v) is 7.78. The van der Waals surface area contributed by atoms with Crippen LogP contribution in [0.3, 0.4) is 0 Å². The molecule has 2 aliphatic carbocycles. The molecule has 3 aliphatic rings. The molecule has 0 bridgehead atoms. The molecular weight excluding hydrogens is 350 g/mol. The number of rotatable bonds is 6. The van der Waals surface area contributed by atoms with E-state index in [2.05, 4.69) is 18.2 Å². The fraction of sp³-hybridized carbons (Fsp3) is 0.571. The Morgan fingerprint density at radius 1 is 1.30 bits per heavy atom. The van der Waals surface area contributed by atoms with Gasteiger partial charge in [-0.1, -0.05) is 12.1 Å². The third-order valence-corrected chi connectivity index (χ3v) is 5.95. The average molecular weight is 378 g/mol. The smallest absolute Gasteiger partial charge is 0.283 e. The zero-order valence-corrected chi connectivity index (χ0v) is 16.1. The fourth-order valence-electron chi connectivity index (χ4n) is 3.97. The van der Waals surface area contributed by atoms with E-state index in [1.165, 1.54) is 0 Å². The normalized spacial score (nSPS) is 27.7.